The number of aromatic nitrogens is 2. The van der Waals surface area contributed by atoms with Gasteiger partial charge >= 0.3 is 0 Å². The fourth-order valence-corrected chi connectivity index (χ4v) is 4.38. The van der Waals surface area contributed by atoms with Crippen LogP contribution < -0.4 is 14.8 Å². The summed E-state index contributed by atoms with van der Waals surface area (Å²) in [7, 11) is -2.46. The highest BCUT2D eigenvalue weighted by atomic mass is 32.2. The molecule has 0 aliphatic rings. The van der Waals surface area contributed by atoms with Crippen molar-refractivity contribution in [3.05, 3.63) is 35.5 Å². The number of sulfonamides is 1. The first-order valence-corrected chi connectivity index (χ1v) is 11.7. The number of ether oxygens (including phenoxy) is 1. The van der Waals surface area contributed by atoms with Gasteiger partial charge in [0.25, 0.3) is 5.91 Å². The van der Waals surface area contributed by atoms with Gasteiger partial charge in [0.15, 0.2) is 0 Å². The average molecular weight is 451 g/mol. The van der Waals surface area contributed by atoms with Crippen molar-refractivity contribution in [1.29, 1.82) is 0 Å². The molecule has 0 spiro atoms. The van der Waals surface area contributed by atoms with Crippen molar-refractivity contribution < 1.29 is 17.9 Å². The number of benzene rings is 1. The molecule has 1 heterocycles. The molecule has 1 amide bonds. The SMILES string of the molecule is COc1ccc(C(=O)Nc2cc(C(C)(C)C)nn2C(C)(C)C)cc1S(=O)(=O)NC(C)C. The predicted octanol–water partition coefficient (Wildman–Crippen LogP) is 3.88. The molecule has 0 unspecified atom stereocenters. The second-order valence-corrected chi connectivity index (χ2v) is 11.5. The lowest BCUT2D eigenvalue weighted by atomic mass is 9.92. The lowest BCUT2D eigenvalue weighted by molar-refractivity contribution is 0.102. The van der Waals surface area contributed by atoms with Gasteiger partial charge in [-0.2, -0.15) is 5.10 Å². The molecule has 9 heteroatoms. The van der Waals surface area contributed by atoms with E-state index in [9.17, 15) is 13.2 Å². The third-order valence-electron chi connectivity index (χ3n) is 4.46. The van der Waals surface area contributed by atoms with Gasteiger partial charge in [-0.15, -0.1) is 0 Å². The Morgan fingerprint density at radius 2 is 1.71 bits per heavy atom. The highest BCUT2D eigenvalue weighted by molar-refractivity contribution is 7.89. The molecule has 31 heavy (non-hydrogen) atoms. The van der Waals surface area contributed by atoms with Gasteiger partial charge < -0.3 is 10.1 Å². The number of carbonyl (C=O) groups is 1. The number of hydrogen-bond donors (Lipinski definition) is 2. The number of anilines is 1. The highest BCUT2D eigenvalue weighted by Gasteiger charge is 2.27. The van der Waals surface area contributed by atoms with Gasteiger partial charge in [0, 0.05) is 23.1 Å². The number of carbonyl (C=O) groups excluding carboxylic acids is 1. The second-order valence-electron chi connectivity index (χ2n) is 9.84. The van der Waals surface area contributed by atoms with E-state index in [4.69, 9.17) is 9.84 Å². The molecular formula is C22H34N4O4S. The number of nitrogens with zero attached hydrogens (tertiary/aromatic N) is 2. The van der Waals surface area contributed by atoms with Crippen molar-refractivity contribution in [2.24, 2.45) is 0 Å². The number of methoxy groups -OCH3 is 1. The Morgan fingerprint density at radius 3 is 2.19 bits per heavy atom. The Hall–Kier alpha value is -2.39. The van der Waals surface area contributed by atoms with Crippen LogP contribution in [0.1, 0.15) is 71.4 Å². The maximum absolute atomic E-state index is 13.0. The van der Waals surface area contributed by atoms with Crippen LogP contribution in [0.3, 0.4) is 0 Å². The van der Waals surface area contributed by atoms with Crippen LogP contribution in [0.2, 0.25) is 0 Å². The van der Waals surface area contributed by atoms with Gasteiger partial charge in [-0.25, -0.2) is 17.8 Å². The first-order valence-electron chi connectivity index (χ1n) is 10.2. The van der Waals surface area contributed by atoms with Crippen LogP contribution in [0.5, 0.6) is 5.75 Å². The molecular weight excluding hydrogens is 416 g/mol. The van der Waals surface area contributed by atoms with E-state index in [0.717, 1.165) is 5.69 Å². The van der Waals surface area contributed by atoms with Crippen LogP contribution in [0, 0.1) is 0 Å². The quantitative estimate of drug-likeness (QED) is 0.695. The zero-order chi connectivity index (χ0) is 23.8. The van der Waals surface area contributed by atoms with Crippen LogP contribution >= 0.6 is 0 Å². The van der Waals surface area contributed by atoms with E-state index in [2.05, 4.69) is 30.8 Å². The van der Waals surface area contributed by atoms with Crippen molar-refractivity contribution in [1.82, 2.24) is 14.5 Å². The lowest BCUT2D eigenvalue weighted by Gasteiger charge is -2.23. The van der Waals surface area contributed by atoms with Crippen LogP contribution in [-0.4, -0.2) is 37.3 Å². The molecule has 0 aliphatic heterocycles. The zero-order valence-corrected chi connectivity index (χ0v) is 20.6. The largest absolute Gasteiger partial charge is 0.495 e. The summed E-state index contributed by atoms with van der Waals surface area (Å²) in [4.78, 5) is 13.0. The molecule has 0 saturated carbocycles. The maximum atomic E-state index is 13.0. The summed E-state index contributed by atoms with van der Waals surface area (Å²) in [5.74, 6) is 0.275. The lowest BCUT2D eigenvalue weighted by Crippen LogP contribution is -2.31. The summed E-state index contributed by atoms with van der Waals surface area (Å²) in [6.07, 6.45) is 0. The van der Waals surface area contributed by atoms with Gasteiger partial charge in [-0.3, -0.25) is 4.79 Å². The summed E-state index contributed by atoms with van der Waals surface area (Å²) < 4.78 is 34.9. The fourth-order valence-electron chi connectivity index (χ4n) is 2.94. The molecule has 8 nitrogen and oxygen atoms in total. The summed E-state index contributed by atoms with van der Waals surface area (Å²) >= 11 is 0. The Bertz CT molecular complexity index is 1060. The minimum atomic E-state index is -3.85. The molecule has 0 fully saturated rings. The van der Waals surface area contributed by atoms with E-state index in [0.29, 0.717) is 5.82 Å². The predicted molar refractivity (Wildman–Crippen MR) is 122 cm³/mol. The molecule has 2 aromatic rings. The summed E-state index contributed by atoms with van der Waals surface area (Å²) in [5, 5.41) is 7.58. The normalized spacial score (nSPS) is 12.8. The van der Waals surface area contributed by atoms with Crippen molar-refractivity contribution in [3.63, 3.8) is 0 Å². The Morgan fingerprint density at radius 1 is 1.10 bits per heavy atom. The molecule has 0 aliphatic carbocycles. The highest BCUT2D eigenvalue weighted by Crippen LogP contribution is 2.29. The molecule has 1 aromatic heterocycles. The maximum Gasteiger partial charge on any atom is 0.256 e. The summed E-state index contributed by atoms with van der Waals surface area (Å²) in [6, 6.07) is 5.88. The van der Waals surface area contributed by atoms with Gasteiger partial charge in [-0.05, 0) is 52.8 Å². The van der Waals surface area contributed by atoms with Crippen LogP contribution in [0.25, 0.3) is 0 Å². The van der Waals surface area contributed by atoms with E-state index in [1.807, 2.05) is 26.8 Å². The smallest absolute Gasteiger partial charge is 0.256 e. The molecule has 0 bridgehead atoms. The minimum absolute atomic E-state index is 0.0870. The molecule has 1 aromatic carbocycles. The van der Waals surface area contributed by atoms with Crippen molar-refractivity contribution in [2.45, 2.75) is 77.3 Å². The monoisotopic (exact) mass is 450 g/mol. The first-order chi connectivity index (χ1) is 14.1. The molecule has 172 valence electrons. The van der Waals surface area contributed by atoms with E-state index >= 15 is 0 Å². The molecule has 0 atom stereocenters. The summed E-state index contributed by atoms with van der Waals surface area (Å²) in [5.41, 5.74) is 0.488. The zero-order valence-electron chi connectivity index (χ0n) is 19.8. The Kier molecular flexibility index (Phi) is 6.92. The number of nitrogens with one attached hydrogen (secondary N) is 2. The molecule has 0 radical (unpaired) electrons. The van der Waals surface area contributed by atoms with Crippen LogP contribution in [-0.2, 0) is 21.0 Å². The molecule has 2 rings (SSSR count). The van der Waals surface area contributed by atoms with E-state index in [1.54, 1.807) is 18.5 Å². The summed E-state index contributed by atoms with van der Waals surface area (Å²) in [6.45, 7) is 15.6. The number of hydrogen-bond acceptors (Lipinski definition) is 5. The third-order valence-corrected chi connectivity index (χ3v) is 6.14. The van der Waals surface area contributed by atoms with Crippen LogP contribution in [0.4, 0.5) is 5.82 Å². The topological polar surface area (TPSA) is 102 Å². The number of amides is 1. The van der Waals surface area contributed by atoms with Gasteiger partial charge in [0.05, 0.1) is 18.3 Å². The van der Waals surface area contributed by atoms with E-state index in [-0.39, 0.29) is 33.2 Å². The van der Waals surface area contributed by atoms with Gasteiger partial charge in [-0.1, -0.05) is 20.8 Å². The standard InChI is InChI=1S/C22H34N4O4S/c1-14(2)25-31(28,29)17-12-15(10-11-16(17)30-9)20(27)23-19-13-18(21(3,4)5)24-26(19)22(6,7)8/h10-14,25H,1-9H3,(H,23,27). The van der Waals surface area contributed by atoms with Crippen LogP contribution in [0.15, 0.2) is 29.2 Å². The van der Waals surface area contributed by atoms with Crippen molar-refractivity contribution in [2.75, 3.05) is 12.4 Å². The van der Waals surface area contributed by atoms with E-state index < -0.39 is 15.9 Å². The first kappa shape index (κ1) is 24.9. The Balaban J connectivity index is 2.48. The second kappa shape index (κ2) is 8.63. The average Bonchev–Trinajstić information content (AvgIpc) is 3.04. The molecule has 2 N–H and O–H groups in total. The number of rotatable bonds is 6. The van der Waals surface area contributed by atoms with Gasteiger partial charge in [0.1, 0.15) is 16.5 Å². The fraction of sp³-hybridized carbons (Fsp3) is 0.545. The minimum Gasteiger partial charge on any atom is -0.495 e. The molecule has 0 saturated heterocycles. The Labute approximate surface area is 185 Å². The van der Waals surface area contributed by atoms with Crippen molar-refractivity contribution in [3.8, 4) is 5.75 Å². The van der Waals surface area contributed by atoms with Crippen molar-refractivity contribution >= 4 is 21.7 Å². The third kappa shape index (κ3) is 5.86. The van der Waals surface area contributed by atoms with Gasteiger partial charge in [0.2, 0.25) is 10.0 Å². The van der Waals surface area contributed by atoms with E-state index in [1.165, 1.54) is 25.3 Å².